The van der Waals surface area contributed by atoms with Gasteiger partial charge < -0.3 is 10.5 Å². The molecule has 0 unspecified atom stereocenters. The molecule has 3 N–H and O–H groups in total. The lowest BCUT2D eigenvalue weighted by molar-refractivity contribution is 0.0811. The molecule has 3 heteroatoms. The first kappa shape index (κ1) is 8.88. The lowest BCUT2D eigenvalue weighted by Crippen LogP contribution is -2.40. The molecular weight excluding hydrogens is 116 g/mol. The van der Waals surface area contributed by atoms with Crippen LogP contribution in [0, 0.1) is 0 Å². The van der Waals surface area contributed by atoms with Crippen molar-refractivity contribution in [2.75, 3.05) is 13.7 Å². The molecule has 0 aliphatic heterocycles. The molecule has 0 fully saturated rings. The molecule has 2 atom stereocenters. The normalized spacial score (nSPS) is 17.3. The van der Waals surface area contributed by atoms with E-state index >= 15 is 0 Å². The molecule has 3 nitrogen and oxygen atoms in total. The van der Waals surface area contributed by atoms with E-state index < -0.39 is 0 Å². The summed E-state index contributed by atoms with van der Waals surface area (Å²) in [6, 6.07) is 0.333. The zero-order chi connectivity index (χ0) is 7.28. The summed E-state index contributed by atoms with van der Waals surface area (Å²) >= 11 is 0. The average molecular weight is 132 g/mol. The fourth-order valence-corrected chi connectivity index (χ4v) is 0.537. The molecule has 0 heterocycles. The highest BCUT2D eigenvalue weighted by Gasteiger charge is 2.01. The molecule has 9 heavy (non-hydrogen) atoms. The Morgan fingerprint density at radius 2 is 2.11 bits per heavy atom. The van der Waals surface area contributed by atoms with Gasteiger partial charge in [-0.1, -0.05) is 0 Å². The first-order valence-corrected chi connectivity index (χ1v) is 3.19. The van der Waals surface area contributed by atoms with Gasteiger partial charge in [0, 0.05) is 19.7 Å². The monoisotopic (exact) mass is 132 g/mol. The number of rotatable bonds is 4. The maximum atomic E-state index is 5.36. The molecule has 0 aliphatic rings. The van der Waals surface area contributed by atoms with E-state index in [4.69, 9.17) is 10.5 Å². The molecule has 0 spiro atoms. The van der Waals surface area contributed by atoms with Crippen LogP contribution in [-0.2, 0) is 4.74 Å². The van der Waals surface area contributed by atoms with Crippen LogP contribution < -0.4 is 11.1 Å². The molecule has 0 aliphatic carbocycles. The summed E-state index contributed by atoms with van der Waals surface area (Å²) in [4.78, 5) is 0. The molecule has 0 aromatic heterocycles. The maximum absolute atomic E-state index is 5.36. The smallest absolute Gasteiger partial charge is 0.105 e. The summed E-state index contributed by atoms with van der Waals surface area (Å²) in [5, 5.41) is 3.13. The van der Waals surface area contributed by atoms with Crippen molar-refractivity contribution < 1.29 is 4.74 Å². The molecule has 0 aromatic carbocycles. The van der Waals surface area contributed by atoms with Gasteiger partial charge >= 0.3 is 0 Å². The zero-order valence-corrected chi connectivity index (χ0v) is 6.35. The van der Waals surface area contributed by atoms with Crippen molar-refractivity contribution in [2.45, 2.75) is 26.1 Å². The van der Waals surface area contributed by atoms with Gasteiger partial charge in [-0.05, 0) is 13.8 Å². The lowest BCUT2D eigenvalue weighted by atomic mass is 10.3. The SMILES string of the molecule is CO[C@@H](C)N[C@H](C)CN. The van der Waals surface area contributed by atoms with E-state index in [-0.39, 0.29) is 6.23 Å². The third-order valence-corrected chi connectivity index (χ3v) is 1.23. The van der Waals surface area contributed by atoms with Crippen molar-refractivity contribution in [1.29, 1.82) is 0 Å². The van der Waals surface area contributed by atoms with Gasteiger partial charge in [0.05, 0.1) is 0 Å². The van der Waals surface area contributed by atoms with Crippen molar-refractivity contribution in [3.8, 4) is 0 Å². The minimum atomic E-state index is 0.101. The van der Waals surface area contributed by atoms with Crippen LogP contribution in [-0.4, -0.2) is 25.9 Å². The summed E-state index contributed by atoms with van der Waals surface area (Å²) < 4.78 is 4.96. The second kappa shape index (κ2) is 4.73. The van der Waals surface area contributed by atoms with Crippen LogP contribution in [0.25, 0.3) is 0 Å². The first-order chi connectivity index (χ1) is 4.20. The molecule has 0 radical (unpaired) electrons. The minimum absolute atomic E-state index is 0.101. The lowest BCUT2D eigenvalue weighted by Gasteiger charge is -2.16. The number of hydrogen-bond donors (Lipinski definition) is 2. The molecule has 0 amide bonds. The Kier molecular flexibility index (Phi) is 4.67. The Labute approximate surface area is 56.6 Å². The number of hydrogen-bond acceptors (Lipinski definition) is 3. The highest BCUT2D eigenvalue weighted by Crippen LogP contribution is 1.84. The van der Waals surface area contributed by atoms with Crippen molar-refractivity contribution in [1.82, 2.24) is 5.32 Å². The Morgan fingerprint density at radius 1 is 1.56 bits per heavy atom. The molecule has 56 valence electrons. The third kappa shape index (κ3) is 4.39. The van der Waals surface area contributed by atoms with Crippen LogP contribution >= 0.6 is 0 Å². The van der Waals surface area contributed by atoms with E-state index in [1.54, 1.807) is 7.11 Å². The molecular formula is C6H16N2O. The number of methoxy groups -OCH3 is 1. The van der Waals surface area contributed by atoms with Crippen molar-refractivity contribution in [3.63, 3.8) is 0 Å². The van der Waals surface area contributed by atoms with Crippen LogP contribution in [0.3, 0.4) is 0 Å². The summed E-state index contributed by atoms with van der Waals surface area (Å²) in [7, 11) is 1.67. The van der Waals surface area contributed by atoms with Crippen LogP contribution in [0.1, 0.15) is 13.8 Å². The fraction of sp³-hybridized carbons (Fsp3) is 1.00. The predicted octanol–water partition coefficient (Wildman–Crippen LogP) is -0.0844. The molecule has 0 bridgehead atoms. The number of ether oxygens (including phenoxy) is 1. The predicted molar refractivity (Wildman–Crippen MR) is 38.1 cm³/mol. The summed E-state index contributed by atoms with van der Waals surface area (Å²) in [5.41, 5.74) is 5.36. The minimum Gasteiger partial charge on any atom is -0.367 e. The second-order valence-electron chi connectivity index (χ2n) is 2.18. The standard InChI is InChI=1S/C6H16N2O/c1-5(4-7)8-6(2)9-3/h5-6,8H,4,7H2,1-3H3/t5-,6+/m1/s1. The third-order valence-electron chi connectivity index (χ3n) is 1.23. The van der Waals surface area contributed by atoms with Crippen LogP contribution in [0.2, 0.25) is 0 Å². The summed E-state index contributed by atoms with van der Waals surface area (Å²) in [6.45, 7) is 4.62. The van der Waals surface area contributed by atoms with E-state index in [1.807, 2.05) is 13.8 Å². The highest BCUT2D eigenvalue weighted by atomic mass is 16.5. The van der Waals surface area contributed by atoms with Gasteiger partial charge in [-0.25, -0.2) is 0 Å². The Bertz CT molecular complexity index is 60.1. The van der Waals surface area contributed by atoms with Crippen LogP contribution in [0.5, 0.6) is 0 Å². The van der Waals surface area contributed by atoms with Crippen molar-refractivity contribution in [2.24, 2.45) is 5.73 Å². The Morgan fingerprint density at radius 3 is 2.44 bits per heavy atom. The quantitative estimate of drug-likeness (QED) is 0.526. The van der Waals surface area contributed by atoms with Crippen molar-refractivity contribution >= 4 is 0 Å². The van der Waals surface area contributed by atoms with Gasteiger partial charge in [-0.2, -0.15) is 0 Å². The summed E-state index contributed by atoms with van der Waals surface area (Å²) in [6.07, 6.45) is 0.101. The van der Waals surface area contributed by atoms with Crippen LogP contribution in [0.15, 0.2) is 0 Å². The van der Waals surface area contributed by atoms with Gasteiger partial charge in [-0.15, -0.1) is 0 Å². The van der Waals surface area contributed by atoms with Crippen molar-refractivity contribution in [3.05, 3.63) is 0 Å². The fourth-order valence-electron chi connectivity index (χ4n) is 0.537. The average Bonchev–Trinajstić information content (AvgIpc) is 1.87. The highest BCUT2D eigenvalue weighted by molar-refractivity contribution is 4.60. The van der Waals surface area contributed by atoms with Crippen LogP contribution in [0.4, 0.5) is 0 Å². The largest absolute Gasteiger partial charge is 0.367 e. The zero-order valence-electron chi connectivity index (χ0n) is 6.35. The summed E-state index contributed by atoms with van der Waals surface area (Å²) in [5.74, 6) is 0. The number of nitrogens with two attached hydrogens (primary N) is 1. The molecule has 0 saturated heterocycles. The van der Waals surface area contributed by atoms with Gasteiger partial charge in [-0.3, -0.25) is 5.32 Å². The van der Waals surface area contributed by atoms with Gasteiger partial charge in [0.15, 0.2) is 0 Å². The topological polar surface area (TPSA) is 47.3 Å². The van der Waals surface area contributed by atoms with E-state index in [9.17, 15) is 0 Å². The molecule has 0 rings (SSSR count). The van der Waals surface area contributed by atoms with E-state index in [0.29, 0.717) is 12.6 Å². The van der Waals surface area contributed by atoms with E-state index in [1.165, 1.54) is 0 Å². The van der Waals surface area contributed by atoms with Gasteiger partial charge in [0.1, 0.15) is 6.23 Å². The Balaban J connectivity index is 3.22. The molecule has 0 aromatic rings. The van der Waals surface area contributed by atoms with E-state index in [0.717, 1.165) is 0 Å². The maximum Gasteiger partial charge on any atom is 0.105 e. The number of nitrogens with one attached hydrogen (secondary N) is 1. The molecule has 0 saturated carbocycles. The van der Waals surface area contributed by atoms with Gasteiger partial charge in [0.25, 0.3) is 0 Å². The van der Waals surface area contributed by atoms with E-state index in [2.05, 4.69) is 5.32 Å². The first-order valence-electron chi connectivity index (χ1n) is 3.19. The van der Waals surface area contributed by atoms with Gasteiger partial charge in [0.2, 0.25) is 0 Å². The Hall–Kier alpha value is -0.120. The second-order valence-corrected chi connectivity index (χ2v) is 2.18.